The van der Waals surface area contributed by atoms with Gasteiger partial charge in [-0.05, 0) is 24.1 Å². The Balaban J connectivity index is 1.91. The van der Waals surface area contributed by atoms with Gasteiger partial charge in [-0.15, -0.1) is 0 Å². The third-order valence-electron chi connectivity index (χ3n) is 4.55. The highest BCUT2D eigenvalue weighted by Crippen LogP contribution is 2.20. The van der Waals surface area contributed by atoms with E-state index in [1.807, 2.05) is 18.2 Å². The van der Waals surface area contributed by atoms with Crippen molar-refractivity contribution >= 4 is 5.96 Å². The minimum absolute atomic E-state index is 0.0474. The number of aryl methyl sites for hydroxylation is 1. The molecular weight excluding hydrogens is 366 g/mol. The van der Waals surface area contributed by atoms with Crippen molar-refractivity contribution in [2.75, 3.05) is 41.0 Å². The lowest BCUT2D eigenvalue weighted by Gasteiger charge is -2.19. The first-order valence-corrected chi connectivity index (χ1v) is 9.91. The second-order valence-corrected chi connectivity index (χ2v) is 6.75. The molecule has 0 bridgehead atoms. The number of hydrogen-bond donors (Lipinski definition) is 2. The van der Waals surface area contributed by atoms with Gasteiger partial charge in [-0.2, -0.15) is 0 Å². The van der Waals surface area contributed by atoms with Crippen LogP contribution in [-0.2, 0) is 16.0 Å². The standard InChI is InChI=1S/C23H33N3O3/c1-18-11-12-20(21(15-18)29-14-8-13-27-3)16-25-23(24-2)26-17-22(28-4)19-9-6-5-7-10-19/h5-7,9-12,15,22H,8,13-14,16-17H2,1-4H3,(H2,24,25,26). The van der Waals surface area contributed by atoms with Gasteiger partial charge in [0, 0.05) is 52.9 Å². The summed E-state index contributed by atoms with van der Waals surface area (Å²) in [6.07, 6.45) is 0.812. The molecule has 0 aliphatic heterocycles. The Morgan fingerprint density at radius 2 is 1.83 bits per heavy atom. The zero-order valence-electron chi connectivity index (χ0n) is 17.9. The van der Waals surface area contributed by atoms with Crippen LogP contribution in [0.2, 0.25) is 0 Å². The Kier molecular flexibility index (Phi) is 10.0. The first kappa shape index (κ1) is 22.7. The maximum absolute atomic E-state index is 5.96. The maximum atomic E-state index is 5.96. The topological polar surface area (TPSA) is 64.1 Å². The molecular formula is C23H33N3O3. The minimum atomic E-state index is -0.0474. The van der Waals surface area contributed by atoms with E-state index < -0.39 is 0 Å². The molecule has 6 nitrogen and oxygen atoms in total. The molecule has 0 saturated carbocycles. The Bertz CT molecular complexity index is 750. The molecule has 158 valence electrons. The Morgan fingerprint density at radius 3 is 2.52 bits per heavy atom. The van der Waals surface area contributed by atoms with E-state index in [9.17, 15) is 0 Å². The van der Waals surface area contributed by atoms with Crippen molar-refractivity contribution in [1.82, 2.24) is 10.6 Å². The molecule has 2 rings (SSSR count). The van der Waals surface area contributed by atoms with Gasteiger partial charge in [-0.1, -0.05) is 42.5 Å². The number of rotatable bonds is 11. The van der Waals surface area contributed by atoms with Crippen molar-refractivity contribution in [3.05, 3.63) is 65.2 Å². The molecule has 0 saturated heterocycles. The van der Waals surface area contributed by atoms with E-state index in [1.165, 1.54) is 5.56 Å². The molecule has 1 atom stereocenters. The Labute approximate surface area is 174 Å². The van der Waals surface area contributed by atoms with Crippen LogP contribution in [0.3, 0.4) is 0 Å². The number of hydrogen-bond acceptors (Lipinski definition) is 4. The number of guanidine groups is 1. The van der Waals surface area contributed by atoms with Crippen LogP contribution in [0.5, 0.6) is 5.75 Å². The summed E-state index contributed by atoms with van der Waals surface area (Å²) >= 11 is 0. The van der Waals surface area contributed by atoms with E-state index in [0.29, 0.717) is 32.3 Å². The van der Waals surface area contributed by atoms with Gasteiger partial charge < -0.3 is 24.8 Å². The van der Waals surface area contributed by atoms with Crippen LogP contribution < -0.4 is 15.4 Å². The molecule has 6 heteroatoms. The van der Waals surface area contributed by atoms with Crippen LogP contribution in [0.1, 0.15) is 29.2 Å². The van der Waals surface area contributed by atoms with E-state index in [-0.39, 0.29) is 6.10 Å². The van der Waals surface area contributed by atoms with E-state index in [1.54, 1.807) is 21.3 Å². The van der Waals surface area contributed by atoms with Crippen LogP contribution in [0.4, 0.5) is 0 Å². The normalized spacial score (nSPS) is 12.5. The van der Waals surface area contributed by atoms with Crippen LogP contribution >= 0.6 is 0 Å². The van der Waals surface area contributed by atoms with Crippen molar-refractivity contribution in [3.8, 4) is 5.75 Å². The molecule has 0 aliphatic rings. The number of ether oxygens (including phenoxy) is 3. The molecule has 29 heavy (non-hydrogen) atoms. The van der Waals surface area contributed by atoms with E-state index in [2.05, 4.69) is 52.9 Å². The molecule has 0 spiro atoms. The largest absolute Gasteiger partial charge is 0.493 e. The second kappa shape index (κ2) is 12.8. The van der Waals surface area contributed by atoms with Crippen LogP contribution in [0.15, 0.2) is 53.5 Å². The van der Waals surface area contributed by atoms with Gasteiger partial charge in [0.15, 0.2) is 5.96 Å². The lowest BCUT2D eigenvalue weighted by Crippen LogP contribution is -2.39. The molecule has 2 aromatic carbocycles. The minimum Gasteiger partial charge on any atom is -0.493 e. The summed E-state index contributed by atoms with van der Waals surface area (Å²) in [6, 6.07) is 16.4. The van der Waals surface area contributed by atoms with Gasteiger partial charge in [-0.25, -0.2) is 0 Å². The first-order chi connectivity index (χ1) is 14.2. The van der Waals surface area contributed by atoms with Crippen molar-refractivity contribution < 1.29 is 14.2 Å². The predicted octanol–water partition coefficient (Wildman–Crippen LogP) is 3.46. The average Bonchev–Trinajstić information content (AvgIpc) is 2.75. The molecule has 2 aromatic rings. The fourth-order valence-corrected chi connectivity index (χ4v) is 2.92. The summed E-state index contributed by atoms with van der Waals surface area (Å²) in [5.41, 5.74) is 3.38. The third kappa shape index (κ3) is 7.75. The van der Waals surface area contributed by atoms with E-state index >= 15 is 0 Å². The smallest absolute Gasteiger partial charge is 0.191 e. The Morgan fingerprint density at radius 1 is 1.03 bits per heavy atom. The average molecular weight is 400 g/mol. The predicted molar refractivity (Wildman–Crippen MR) is 118 cm³/mol. The number of benzene rings is 2. The van der Waals surface area contributed by atoms with Gasteiger partial charge in [0.05, 0.1) is 12.7 Å². The van der Waals surface area contributed by atoms with Crippen molar-refractivity contribution in [1.29, 1.82) is 0 Å². The Hall–Kier alpha value is -2.57. The zero-order valence-corrected chi connectivity index (χ0v) is 17.9. The van der Waals surface area contributed by atoms with Gasteiger partial charge in [-0.3, -0.25) is 4.99 Å². The SMILES string of the molecule is CN=C(NCc1ccc(C)cc1OCCCOC)NCC(OC)c1ccccc1. The molecule has 0 amide bonds. The monoisotopic (exact) mass is 399 g/mol. The van der Waals surface area contributed by atoms with Crippen molar-refractivity contribution in [2.45, 2.75) is 26.0 Å². The highest BCUT2D eigenvalue weighted by Gasteiger charge is 2.11. The molecule has 0 radical (unpaired) electrons. The summed E-state index contributed by atoms with van der Waals surface area (Å²) in [7, 11) is 5.18. The van der Waals surface area contributed by atoms with Gasteiger partial charge >= 0.3 is 0 Å². The quantitative estimate of drug-likeness (QED) is 0.344. The number of nitrogens with zero attached hydrogens (tertiary/aromatic N) is 1. The highest BCUT2D eigenvalue weighted by atomic mass is 16.5. The number of methoxy groups -OCH3 is 2. The van der Waals surface area contributed by atoms with E-state index in [4.69, 9.17) is 14.2 Å². The van der Waals surface area contributed by atoms with Crippen LogP contribution in [-0.4, -0.2) is 47.0 Å². The number of nitrogens with one attached hydrogen (secondary N) is 2. The first-order valence-electron chi connectivity index (χ1n) is 9.91. The second-order valence-electron chi connectivity index (χ2n) is 6.75. The number of aliphatic imine (C=N–C) groups is 1. The van der Waals surface area contributed by atoms with Gasteiger partial charge in [0.1, 0.15) is 5.75 Å². The summed E-state index contributed by atoms with van der Waals surface area (Å²) in [5, 5.41) is 6.69. The van der Waals surface area contributed by atoms with Gasteiger partial charge in [0.25, 0.3) is 0 Å². The highest BCUT2D eigenvalue weighted by molar-refractivity contribution is 5.79. The van der Waals surface area contributed by atoms with E-state index in [0.717, 1.165) is 23.3 Å². The summed E-state index contributed by atoms with van der Waals surface area (Å²) in [4.78, 5) is 4.32. The van der Waals surface area contributed by atoms with Crippen LogP contribution in [0, 0.1) is 6.92 Å². The zero-order chi connectivity index (χ0) is 20.9. The maximum Gasteiger partial charge on any atom is 0.191 e. The fourth-order valence-electron chi connectivity index (χ4n) is 2.92. The summed E-state index contributed by atoms with van der Waals surface area (Å²) in [6.45, 7) is 4.62. The molecule has 0 fully saturated rings. The van der Waals surface area contributed by atoms with Crippen molar-refractivity contribution in [3.63, 3.8) is 0 Å². The molecule has 0 aliphatic carbocycles. The lowest BCUT2D eigenvalue weighted by atomic mass is 10.1. The van der Waals surface area contributed by atoms with Crippen molar-refractivity contribution in [2.24, 2.45) is 4.99 Å². The molecule has 0 heterocycles. The molecule has 0 aromatic heterocycles. The molecule has 1 unspecified atom stereocenters. The lowest BCUT2D eigenvalue weighted by molar-refractivity contribution is 0.106. The summed E-state index contributed by atoms with van der Waals surface area (Å²) in [5.74, 6) is 1.61. The third-order valence-corrected chi connectivity index (χ3v) is 4.55. The van der Waals surface area contributed by atoms with Crippen LogP contribution in [0.25, 0.3) is 0 Å². The van der Waals surface area contributed by atoms with Gasteiger partial charge in [0.2, 0.25) is 0 Å². The fraction of sp³-hybridized carbons (Fsp3) is 0.435. The summed E-state index contributed by atoms with van der Waals surface area (Å²) < 4.78 is 16.7. The molecule has 2 N–H and O–H groups in total.